The van der Waals surface area contributed by atoms with Crippen molar-refractivity contribution in [1.29, 1.82) is 0 Å². The summed E-state index contributed by atoms with van der Waals surface area (Å²) < 4.78 is 18.2. The fourth-order valence-corrected chi connectivity index (χ4v) is 2.04. The Morgan fingerprint density at radius 3 is 3.00 bits per heavy atom. The normalized spacial score (nSPS) is 10.3. The fraction of sp³-hybridized carbons (Fsp3) is 0.100. The van der Waals surface area contributed by atoms with Crippen molar-refractivity contribution in [1.82, 2.24) is 4.98 Å². The van der Waals surface area contributed by atoms with E-state index in [1.807, 2.05) is 0 Å². The molecule has 0 aliphatic carbocycles. The fourth-order valence-electron chi connectivity index (χ4n) is 1.18. The van der Waals surface area contributed by atoms with Gasteiger partial charge in [-0.3, -0.25) is 5.43 Å². The maximum atomic E-state index is 12.8. The third-order valence-electron chi connectivity index (χ3n) is 1.94. The van der Waals surface area contributed by atoms with E-state index in [4.69, 9.17) is 22.2 Å². The summed E-state index contributed by atoms with van der Waals surface area (Å²) in [4.78, 5) is 4.88. The molecule has 3 N–H and O–H groups in total. The average molecular weight is 274 g/mol. The first-order valence-corrected chi connectivity index (χ1v) is 5.87. The number of hydrogen-bond acceptors (Lipinski definition) is 5. The number of nitrogen functional groups attached to an aromatic ring is 1. The summed E-state index contributed by atoms with van der Waals surface area (Å²) in [6.07, 6.45) is 1.65. The molecular weight excluding hydrogens is 265 g/mol. The molecule has 0 aliphatic rings. The number of benzene rings is 1. The SMILES string of the molecule is NNc1ncc(COc2ccc(F)cc2Cl)s1. The quantitative estimate of drug-likeness (QED) is 0.664. The standard InChI is InChI=1S/C10H9ClFN3OS/c11-8-3-6(12)1-2-9(8)16-5-7-4-14-10(15-13)17-7/h1-4H,5,13H2,(H,14,15). The largest absolute Gasteiger partial charge is 0.486 e. The van der Waals surface area contributed by atoms with Crippen molar-refractivity contribution in [3.05, 3.63) is 40.1 Å². The van der Waals surface area contributed by atoms with Gasteiger partial charge >= 0.3 is 0 Å². The number of ether oxygens (including phenoxy) is 1. The maximum absolute atomic E-state index is 12.8. The lowest BCUT2D eigenvalue weighted by atomic mass is 10.3. The Kier molecular flexibility index (Phi) is 3.78. The topological polar surface area (TPSA) is 60.2 Å². The minimum absolute atomic E-state index is 0.242. The molecule has 0 bridgehead atoms. The lowest BCUT2D eigenvalue weighted by Gasteiger charge is -2.05. The Bertz CT molecular complexity index is 520. The number of nitrogens with zero attached hydrogens (tertiary/aromatic N) is 1. The molecule has 0 atom stereocenters. The lowest BCUT2D eigenvalue weighted by molar-refractivity contribution is 0.309. The van der Waals surface area contributed by atoms with Crippen LogP contribution in [0.15, 0.2) is 24.4 Å². The third kappa shape index (κ3) is 3.06. The molecule has 2 aromatic rings. The summed E-state index contributed by atoms with van der Waals surface area (Å²) in [7, 11) is 0. The molecule has 4 nitrogen and oxygen atoms in total. The predicted molar refractivity (Wildman–Crippen MR) is 65.7 cm³/mol. The molecule has 1 aromatic carbocycles. The van der Waals surface area contributed by atoms with Gasteiger partial charge in [0.2, 0.25) is 0 Å². The van der Waals surface area contributed by atoms with Crippen molar-refractivity contribution in [3.63, 3.8) is 0 Å². The first kappa shape index (κ1) is 12.1. The van der Waals surface area contributed by atoms with Crippen molar-refractivity contribution in [2.75, 3.05) is 5.43 Å². The van der Waals surface area contributed by atoms with Gasteiger partial charge in [0.1, 0.15) is 18.2 Å². The van der Waals surface area contributed by atoms with Crippen LogP contribution >= 0.6 is 22.9 Å². The van der Waals surface area contributed by atoms with Crippen LogP contribution in [0.1, 0.15) is 4.88 Å². The van der Waals surface area contributed by atoms with E-state index in [-0.39, 0.29) is 5.02 Å². The lowest BCUT2D eigenvalue weighted by Crippen LogP contribution is -2.05. The Morgan fingerprint density at radius 1 is 1.53 bits per heavy atom. The zero-order valence-corrected chi connectivity index (χ0v) is 10.2. The maximum Gasteiger partial charge on any atom is 0.197 e. The van der Waals surface area contributed by atoms with Crippen LogP contribution in [0.3, 0.4) is 0 Å². The monoisotopic (exact) mass is 273 g/mol. The van der Waals surface area contributed by atoms with Crippen LogP contribution in [-0.2, 0) is 6.61 Å². The molecular formula is C10H9ClFN3OS. The van der Waals surface area contributed by atoms with Gasteiger partial charge in [-0.1, -0.05) is 22.9 Å². The second kappa shape index (κ2) is 5.31. The van der Waals surface area contributed by atoms with Crippen molar-refractivity contribution < 1.29 is 9.13 Å². The molecule has 7 heteroatoms. The number of anilines is 1. The van der Waals surface area contributed by atoms with E-state index in [0.717, 1.165) is 4.88 Å². The average Bonchev–Trinajstić information content (AvgIpc) is 2.76. The summed E-state index contributed by atoms with van der Waals surface area (Å²) in [5.74, 6) is 5.25. The number of hydrazine groups is 1. The molecule has 17 heavy (non-hydrogen) atoms. The van der Waals surface area contributed by atoms with E-state index in [2.05, 4.69) is 10.4 Å². The Morgan fingerprint density at radius 2 is 2.35 bits per heavy atom. The van der Waals surface area contributed by atoms with Crippen LogP contribution in [0.25, 0.3) is 0 Å². The molecule has 2 rings (SSSR count). The highest BCUT2D eigenvalue weighted by Crippen LogP contribution is 2.26. The summed E-state index contributed by atoms with van der Waals surface area (Å²) in [5, 5.41) is 0.848. The molecule has 0 aliphatic heterocycles. The predicted octanol–water partition coefficient (Wildman–Crippen LogP) is 2.80. The van der Waals surface area contributed by atoms with Gasteiger partial charge in [0.05, 0.1) is 9.90 Å². The highest BCUT2D eigenvalue weighted by molar-refractivity contribution is 7.15. The summed E-state index contributed by atoms with van der Waals surface area (Å²) >= 11 is 7.19. The van der Waals surface area contributed by atoms with E-state index in [0.29, 0.717) is 17.5 Å². The molecule has 0 saturated heterocycles. The van der Waals surface area contributed by atoms with Crippen LogP contribution in [0.5, 0.6) is 5.75 Å². The molecule has 1 aromatic heterocycles. The second-order valence-corrected chi connectivity index (χ2v) is 4.66. The van der Waals surface area contributed by atoms with Crippen molar-refractivity contribution >= 4 is 28.1 Å². The number of nitrogens with two attached hydrogens (primary N) is 1. The van der Waals surface area contributed by atoms with E-state index in [1.165, 1.54) is 29.5 Å². The molecule has 0 fully saturated rings. The van der Waals surface area contributed by atoms with Crippen LogP contribution in [0.4, 0.5) is 9.52 Å². The Labute approximate surface area is 106 Å². The van der Waals surface area contributed by atoms with Crippen LogP contribution in [-0.4, -0.2) is 4.98 Å². The van der Waals surface area contributed by atoms with Gasteiger partial charge in [0.25, 0.3) is 0 Å². The van der Waals surface area contributed by atoms with E-state index in [1.54, 1.807) is 6.20 Å². The van der Waals surface area contributed by atoms with Gasteiger partial charge in [-0.2, -0.15) is 0 Å². The number of aromatic nitrogens is 1. The van der Waals surface area contributed by atoms with E-state index >= 15 is 0 Å². The van der Waals surface area contributed by atoms with Crippen LogP contribution in [0, 0.1) is 5.82 Å². The molecule has 0 spiro atoms. The Hall–Kier alpha value is -1.37. The van der Waals surface area contributed by atoms with Crippen molar-refractivity contribution in [3.8, 4) is 5.75 Å². The molecule has 0 unspecified atom stereocenters. The smallest absolute Gasteiger partial charge is 0.197 e. The van der Waals surface area contributed by atoms with Crippen LogP contribution in [0.2, 0.25) is 5.02 Å². The highest BCUT2D eigenvalue weighted by atomic mass is 35.5. The van der Waals surface area contributed by atoms with Gasteiger partial charge < -0.3 is 4.74 Å². The number of hydrogen-bond donors (Lipinski definition) is 2. The zero-order valence-electron chi connectivity index (χ0n) is 8.61. The van der Waals surface area contributed by atoms with Crippen LogP contribution < -0.4 is 16.0 Å². The number of rotatable bonds is 4. The molecule has 0 amide bonds. The molecule has 0 radical (unpaired) electrons. The zero-order chi connectivity index (χ0) is 12.3. The second-order valence-electron chi connectivity index (χ2n) is 3.14. The summed E-state index contributed by atoms with van der Waals surface area (Å²) in [5.41, 5.74) is 2.44. The highest BCUT2D eigenvalue weighted by Gasteiger charge is 2.05. The van der Waals surface area contributed by atoms with Crippen molar-refractivity contribution in [2.24, 2.45) is 5.84 Å². The van der Waals surface area contributed by atoms with E-state index in [9.17, 15) is 4.39 Å². The van der Waals surface area contributed by atoms with Gasteiger partial charge in [-0.05, 0) is 18.2 Å². The van der Waals surface area contributed by atoms with Gasteiger partial charge in [0, 0.05) is 6.20 Å². The minimum atomic E-state index is -0.394. The number of thiazole rings is 1. The first-order valence-electron chi connectivity index (χ1n) is 4.68. The summed E-state index contributed by atoms with van der Waals surface area (Å²) in [6, 6.07) is 3.98. The van der Waals surface area contributed by atoms with Crippen molar-refractivity contribution in [2.45, 2.75) is 6.61 Å². The minimum Gasteiger partial charge on any atom is -0.486 e. The number of halogens is 2. The van der Waals surface area contributed by atoms with E-state index < -0.39 is 5.82 Å². The first-order chi connectivity index (χ1) is 8.19. The molecule has 90 valence electrons. The molecule has 0 saturated carbocycles. The third-order valence-corrected chi connectivity index (χ3v) is 3.14. The van der Waals surface area contributed by atoms with Gasteiger partial charge in [-0.25, -0.2) is 15.2 Å². The van der Waals surface area contributed by atoms with Gasteiger partial charge in [0.15, 0.2) is 5.13 Å². The Balaban J connectivity index is 2.02. The summed E-state index contributed by atoms with van der Waals surface area (Å²) in [6.45, 7) is 0.310. The number of nitrogens with one attached hydrogen (secondary N) is 1. The van der Waals surface area contributed by atoms with Gasteiger partial charge in [-0.15, -0.1) is 0 Å². The molecule has 1 heterocycles.